The number of hydrogen-bond acceptors (Lipinski definition) is 3. The van der Waals surface area contributed by atoms with Crippen LogP contribution < -0.4 is 10.6 Å². The van der Waals surface area contributed by atoms with Crippen LogP contribution in [-0.2, 0) is 0 Å². The van der Waals surface area contributed by atoms with E-state index < -0.39 is 0 Å². The maximum Gasteiger partial charge on any atom is 0.0606 e. The third-order valence-corrected chi connectivity index (χ3v) is 2.62. The Labute approximate surface area is 91.5 Å². The zero-order valence-corrected chi connectivity index (χ0v) is 9.48. The summed E-state index contributed by atoms with van der Waals surface area (Å²) in [4.78, 5) is 2.03. The molecule has 1 aromatic carbocycles. The Hall–Kier alpha value is -1.06. The smallest absolute Gasteiger partial charge is 0.0606 e. The number of aliphatic hydroxyl groups is 1. The summed E-state index contributed by atoms with van der Waals surface area (Å²) in [5.41, 5.74) is 8.30. The quantitative estimate of drug-likeness (QED) is 0.771. The van der Waals surface area contributed by atoms with E-state index in [9.17, 15) is 0 Å². The van der Waals surface area contributed by atoms with Crippen molar-refractivity contribution in [1.82, 2.24) is 0 Å². The van der Waals surface area contributed by atoms with E-state index in [2.05, 4.69) is 13.0 Å². The van der Waals surface area contributed by atoms with Crippen molar-refractivity contribution in [1.29, 1.82) is 0 Å². The predicted molar refractivity (Wildman–Crippen MR) is 64.0 cm³/mol. The Morgan fingerprint density at radius 1 is 1.40 bits per heavy atom. The predicted octanol–water partition coefficient (Wildman–Crippen LogP) is 1.52. The highest BCUT2D eigenvalue weighted by atomic mass is 16.3. The van der Waals surface area contributed by atoms with Crippen molar-refractivity contribution in [3.8, 4) is 0 Å². The van der Waals surface area contributed by atoms with Crippen LogP contribution in [0.5, 0.6) is 0 Å². The molecule has 1 rings (SSSR count). The third-order valence-electron chi connectivity index (χ3n) is 2.62. The molecule has 0 amide bonds. The van der Waals surface area contributed by atoms with Crippen LogP contribution in [0.2, 0.25) is 0 Å². The first-order chi connectivity index (χ1) is 7.20. The second-order valence-corrected chi connectivity index (χ2v) is 3.72. The third kappa shape index (κ3) is 2.94. The van der Waals surface area contributed by atoms with Crippen molar-refractivity contribution in [3.05, 3.63) is 29.8 Å². The minimum Gasteiger partial charge on any atom is -0.395 e. The van der Waals surface area contributed by atoms with Crippen LogP contribution in [0.3, 0.4) is 0 Å². The Bertz CT molecular complexity index is 301. The fourth-order valence-corrected chi connectivity index (χ4v) is 1.64. The highest BCUT2D eigenvalue weighted by Gasteiger charge is 2.11. The molecule has 0 aromatic heterocycles. The molecule has 0 bridgehead atoms. The van der Waals surface area contributed by atoms with Gasteiger partial charge < -0.3 is 15.7 Å². The number of anilines is 1. The molecule has 3 heteroatoms. The van der Waals surface area contributed by atoms with E-state index in [1.54, 1.807) is 0 Å². The van der Waals surface area contributed by atoms with Crippen LogP contribution in [0.25, 0.3) is 0 Å². The van der Waals surface area contributed by atoms with Crippen molar-refractivity contribution < 1.29 is 5.11 Å². The van der Waals surface area contributed by atoms with Gasteiger partial charge in [0.15, 0.2) is 0 Å². The molecule has 1 aromatic rings. The summed E-state index contributed by atoms with van der Waals surface area (Å²) in [6.07, 6.45) is 0.921. The molecule has 3 N–H and O–H groups in total. The molecule has 1 atom stereocenters. The zero-order valence-electron chi connectivity index (χ0n) is 9.48. The lowest BCUT2D eigenvalue weighted by atomic mass is 10.0. The van der Waals surface area contributed by atoms with Crippen molar-refractivity contribution in [2.75, 3.05) is 25.1 Å². The van der Waals surface area contributed by atoms with Crippen LogP contribution in [0.4, 0.5) is 5.69 Å². The molecule has 0 aliphatic carbocycles. The summed E-state index contributed by atoms with van der Waals surface area (Å²) < 4.78 is 0. The minimum atomic E-state index is 0.0716. The number of hydrogen-bond donors (Lipinski definition) is 2. The monoisotopic (exact) mass is 208 g/mol. The Balaban J connectivity index is 2.95. The molecule has 84 valence electrons. The lowest BCUT2D eigenvalue weighted by molar-refractivity contribution is 0.304. The molecule has 0 unspecified atom stereocenters. The number of nitrogens with two attached hydrogens (primary N) is 1. The molecule has 0 saturated heterocycles. The largest absolute Gasteiger partial charge is 0.395 e. The van der Waals surface area contributed by atoms with Gasteiger partial charge in [0.25, 0.3) is 0 Å². The van der Waals surface area contributed by atoms with E-state index in [-0.39, 0.29) is 12.6 Å². The summed E-state index contributed by atoms with van der Waals surface area (Å²) in [7, 11) is 1.97. The van der Waals surface area contributed by atoms with Gasteiger partial charge in [0, 0.05) is 25.3 Å². The second-order valence-electron chi connectivity index (χ2n) is 3.72. The average molecular weight is 208 g/mol. The zero-order chi connectivity index (χ0) is 11.3. The van der Waals surface area contributed by atoms with Gasteiger partial charge in [-0.15, -0.1) is 0 Å². The van der Waals surface area contributed by atoms with Crippen molar-refractivity contribution >= 4 is 5.69 Å². The summed E-state index contributed by atoms with van der Waals surface area (Å²) in [6, 6.07) is 8.16. The highest BCUT2D eigenvalue weighted by Crippen LogP contribution is 2.25. The topological polar surface area (TPSA) is 49.5 Å². The van der Waals surface area contributed by atoms with Gasteiger partial charge in [0.2, 0.25) is 0 Å². The maximum atomic E-state index is 8.91. The van der Waals surface area contributed by atoms with Gasteiger partial charge in [0.1, 0.15) is 0 Å². The van der Waals surface area contributed by atoms with Gasteiger partial charge in [-0.2, -0.15) is 0 Å². The van der Waals surface area contributed by atoms with E-state index in [0.717, 1.165) is 17.7 Å². The van der Waals surface area contributed by atoms with Crippen molar-refractivity contribution in [3.63, 3.8) is 0 Å². The van der Waals surface area contributed by atoms with E-state index >= 15 is 0 Å². The lowest BCUT2D eigenvalue weighted by Crippen LogP contribution is -2.24. The molecule has 0 aliphatic rings. The molecular weight excluding hydrogens is 188 g/mol. The molecule has 15 heavy (non-hydrogen) atoms. The minimum absolute atomic E-state index is 0.0716. The van der Waals surface area contributed by atoms with Crippen LogP contribution in [0.1, 0.15) is 24.9 Å². The summed E-state index contributed by atoms with van der Waals surface area (Å²) in [6.45, 7) is 2.87. The number of likely N-dealkylation sites (N-methyl/N-ethyl adjacent to an activating group) is 1. The SMILES string of the molecule is CC[C@@H](N)c1ccccc1N(C)CCO. The highest BCUT2D eigenvalue weighted by molar-refractivity contribution is 5.54. The fourth-order valence-electron chi connectivity index (χ4n) is 1.64. The summed E-state index contributed by atoms with van der Waals surface area (Å²) in [5, 5.41) is 8.91. The van der Waals surface area contributed by atoms with Gasteiger partial charge >= 0.3 is 0 Å². The number of aliphatic hydroxyl groups excluding tert-OH is 1. The summed E-state index contributed by atoms with van der Waals surface area (Å²) >= 11 is 0. The Kier molecular flexibility index (Phi) is 4.59. The van der Waals surface area contributed by atoms with Crippen LogP contribution in [0, 0.1) is 0 Å². The standard InChI is InChI=1S/C12H20N2O/c1-3-11(13)10-6-4-5-7-12(10)14(2)8-9-15/h4-7,11,15H,3,8-9,13H2,1-2H3/t11-/m1/s1. The van der Waals surface area contributed by atoms with Crippen LogP contribution in [-0.4, -0.2) is 25.3 Å². The van der Waals surface area contributed by atoms with Gasteiger partial charge in [-0.1, -0.05) is 25.1 Å². The van der Waals surface area contributed by atoms with E-state index in [4.69, 9.17) is 10.8 Å². The van der Waals surface area contributed by atoms with E-state index in [1.807, 2.05) is 30.1 Å². The lowest BCUT2D eigenvalue weighted by Gasteiger charge is -2.23. The maximum absolute atomic E-state index is 8.91. The van der Waals surface area contributed by atoms with Crippen LogP contribution in [0.15, 0.2) is 24.3 Å². The van der Waals surface area contributed by atoms with Gasteiger partial charge in [0.05, 0.1) is 6.61 Å². The van der Waals surface area contributed by atoms with E-state index in [0.29, 0.717) is 6.54 Å². The average Bonchev–Trinajstić information content (AvgIpc) is 2.28. The molecule has 0 saturated carbocycles. The molecule has 0 heterocycles. The Morgan fingerprint density at radius 3 is 2.67 bits per heavy atom. The fraction of sp³-hybridized carbons (Fsp3) is 0.500. The van der Waals surface area contributed by atoms with Gasteiger partial charge in [-0.05, 0) is 18.1 Å². The Morgan fingerprint density at radius 2 is 2.07 bits per heavy atom. The molecule has 0 aliphatic heterocycles. The number of benzene rings is 1. The first-order valence-corrected chi connectivity index (χ1v) is 5.37. The number of rotatable bonds is 5. The number of nitrogens with zero attached hydrogens (tertiary/aromatic N) is 1. The molecule has 3 nitrogen and oxygen atoms in total. The molecule has 0 spiro atoms. The van der Waals surface area contributed by atoms with Crippen LogP contribution >= 0.6 is 0 Å². The molecular formula is C12H20N2O. The summed E-state index contributed by atoms with van der Waals surface area (Å²) in [5.74, 6) is 0. The van der Waals surface area contributed by atoms with Crippen molar-refractivity contribution in [2.24, 2.45) is 5.73 Å². The molecule has 0 fully saturated rings. The molecule has 0 radical (unpaired) electrons. The first-order valence-electron chi connectivity index (χ1n) is 5.37. The van der Waals surface area contributed by atoms with Crippen molar-refractivity contribution in [2.45, 2.75) is 19.4 Å². The second kappa shape index (κ2) is 5.73. The van der Waals surface area contributed by atoms with Gasteiger partial charge in [-0.25, -0.2) is 0 Å². The van der Waals surface area contributed by atoms with Gasteiger partial charge in [-0.3, -0.25) is 0 Å². The first kappa shape index (κ1) is 12.0. The van der Waals surface area contributed by atoms with E-state index in [1.165, 1.54) is 0 Å². The number of para-hydroxylation sites is 1. The normalized spacial score (nSPS) is 12.5.